The molecule has 0 unspecified atom stereocenters. The Kier molecular flexibility index (Phi) is 11.5. The molecule has 5 aromatic rings. The van der Waals surface area contributed by atoms with Gasteiger partial charge in [-0.25, -0.2) is 23.1 Å². The summed E-state index contributed by atoms with van der Waals surface area (Å²) in [6.45, 7) is 4.42. The van der Waals surface area contributed by atoms with E-state index in [1.54, 1.807) is 42.7 Å². The largest absolute Gasteiger partial charge is 0.379 e. The Morgan fingerprint density at radius 3 is 2.31 bits per heavy atom. The van der Waals surface area contributed by atoms with Crippen molar-refractivity contribution in [3.8, 4) is 11.1 Å². The van der Waals surface area contributed by atoms with Crippen molar-refractivity contribution in [2.75, 3.05) is 48.7 Å². The number of carbonyl (C=O) groups is 1. The molecule has 6 rings (SSSR count). The number of thioether (sulfide) groups is 1. The third-order valence-corrected chi connectivity index (χ3v) is 10.8. The molecule has 4 aromatic carbocycles. The van der Waals surface area contributed by atoms with Gasteiger partial charge < -0.3 is 10.2 Å². The van der Waals surface area contributed by atoms with E-state index >= 15 is 0 Å². The number of aromatic nitrogens is 2. The second-order valence-electron chi connectivity index (χ2n) is 11.7. The summed E-state index contributed by atoms with van der Waals surface area (Å²) in [5.41, 5.74) is 4.33. The molecule has 1 amide bonds. The maximum Gasteiger partial charge on any atom is 0.293 e. The van der Waals surface area contributed by atoms with E-state index in [2.05, 4.69) is 43.3 Å². The normalized spacial score (nSPS) is 13.5. The first-order valence-corrected chi connectivity index (χ1v) is 18.9. The van der Waals surface area contributed by atoms with Crippen LogP contribution >= 0.6 is 23.4 Å². The molecule has 0 saturated carbocycles. The Labute approximate surface area is 305 Å². The van der Waals surface area contributed by atoms with E-state index in [9.17, 15) is 23.3 Å². The Bertz CT molecular complexity index is 2100. The molecule has 1 fully saturated rings. The summed E-state index contributed by atoms with van der Waals surface area (Å²) in [7, 11) is -4.40. The van der Waals surface area contributed by atoms with Crippen LogP contribution in [-0.4, -0.2) is 72.6 Å². The predicted octanol–water partition coefficient (Wildman–Crippen LogP) is 6.35. The van der Waals surface area contributed by atoms with Crippen LogP contribution in [0.4, 0.5) is 17.1 Å². The SMILES string of the molecule is O=C(NS(=O)(=O)c1ccc(NCCSc2ncccn2)c([N+](=O)[O-])c1)c1ccc(N2CCN(Cc3ccccc3-c3ccc(Cl)cc3)CC2)cc1. The van der Waals surface area contributed by atoms with Crippen molar-refractivity contribution in [2.45, 2.75) is 16.6 Å². The molecule has 12 nitrogen and oxygen atoms in total. The summed E-state index contributed by atoms with van der Waals surface area (Å²) in [6, 6.07) is 28.1. The smallest absolute Gasteiger partial charge is 0.293 e. The number of sulfonamides is 1. The number of halogens is 1. The van der Waals surface area contributed by atoms with Crippen molar-refractivity contribution in [1.29, 1.82) is 0 Å². The molecule has 262 valence electrons. The number of nitro benzene ring substituents is 1. The topological polar surface area (TPSA) is 151 Å². The quantitative estimate of drug-likeness (QED) is 0.0457. The zero-order valence-corrected chi connectivity index (χ0v) is 29.7. The molecular formula is C36H34ClN7O5S2. The van der Waals surface area contributed by atoms with Crippen LogP contribution in [0.5, 0.6) is 0 Å². The standard InChI is InChI=1S/C36H34ClN7O5S2/c37-29-10-6-26(7-11-29)32-5-2-1-4-28(32)25-42-19-21-43(22-20-42)30-12-8-27(9-13-30)35(45)41-51(48,49)31-14-15-33(34(24-31)44(46)47)38-18-23-50-36-39-16-3-17-40-36/h1-17,24,38H,18-23,25H2,(H,41,45). The average molecular weight is 744 g/mol. The lowest BCUT2D eigenvalue weighted by Crippen LogP contribution is -2.46. The molecule has 0 bridgehead atoms. The van der Waals surface area contributed by atoms with Crippen LogP contribution in [0.1, 0.15) is 15.9 Å². The minimum atomic E-state index is -4.40. The van der Waals surface area contributed by atoms with Gasteiger partial charge in [0.05, 0.1) is 9.82 Å². The van der Waals surface area contributed by atoms with E-state index < -0.39 is 31.4 Å². The van der Waals surface area contributed by atoms with E-state index in [1.165, 1.54) is 35.0 Å². The Morgan fingerprint density at radius 1 is 0.902 bits per heavy atom. The van der Waals surface area contributed by atoms with E-state index in [0.29, 0.717) is 22.5 Å². The number of benzene rings is 4. The summed E-state index contributed by atoms with van der Waals surface area (Å²) in [5.74, 6) is -0.316. The van der Waals surface area contributed by atoms with Crippen molar-refractivity contribution in [3.63, 3.8) is 0 Å². The molecule has 2 N–H and O–H groups in total. The summed E-state index contributed by atoms with van der Waals surface area (Å²) >= 11 is 7.47. The first-order valence-electron chi connectivity index (χ1n) is 16.1. The number of anilines is 2. The lowest BCUT2D eigenvalue weighted by Gasteiger charge is -2.36. The first-order chi connectivity index (χ1) is 24.7. The Morgan fingerprint density at radius 2 is 1.61 bits per heavy atom. The zero-order valence-electron chi connectivity index (χ0n) is 27.3. The predicted molar refractivity (Wildman–Crippen MR) is 200 cm³/mol. The van der Waals surface area contributed by atoms with Crippen LogP contribution < -0.4 is 14.9 Å². The molecule has 2 heterocycles. The fourth-order valence-electron chi connectivity index (χ4n) is 5.70. The highest BCUT2D eigenvalue weighted by atomic mass is 35.5. The number of hydrogen-bond donors (Lipinski definition) is 2. The molecule has 0 spiro atoms. The highest BCUT2D eigenvalue weighted by molar-refractivity contribution is 7.99. The van der Waals surface area contributed by atoms with Crippen molar-refractivity contribution in [1.82, 2.24) is 19.6 Å². The van der Waals surface area contributed by atoms with Gasteiger partial charge in [0.25, 0.3) is 21.6 Å². The molecule has 1 aliphatic heterocycles. The lowest BCUT2D eigenvalue weighted by atomic mass is 9.99. The third kappa shape index (κ3) is 9.21. The lowest BCUT2D eigenvalue weighted by molar-refractivity contribution is -0.384. The van der Waals surface area contributed by atoms with Gasteiger partial charge in [0.2, 0.25) is 0 Å². The average Bonchev–Trinajstić information content (AvgIpc) is 3.14. The number of nitrogens with one attached hydrogen (secondary N) is 2. The molecule has 51 heavy (non-hydrogen) atoms. The van der Waals surface area contributed by atoms with Gasteiger partial charge in [0.15, 0.2) is 5.16 Å². The first kappa shape index (κ1) is 35.8. The van der Waals surface area contributed by atoms with Gasteiger partial charge in [-0.15, -0.1) is 0 Å². The second-order valence-corrected chi connectivity index (χ2v) is 14.8. The van der Waals surface area contributed by atoms with Crippen LogP contribution in [0.15, 0.2) is 120 Å². The monoisotopic (exact) mass is 743 g/mol. The second kappa shape index (κ2) is 16.3. The Hall–Kier alpha value is -5.02. The van der Waals surface area contributed by atoms with Gasteiger partial charge in [-0.3, -0.25) is 19.8 Å². The van der Waals surface area contributed by atoms with Crippen molar-refractivity contribution in [2.24, 2.45) is 0 Å². The maximum atomic E-state index is 13.1. The molecule has 0 radical (unpaired) electrons. The van der Waals surface area contributed by atoms with Gasteiger partial charge in [-0.1, -0.05) is 59.8 Å². The molecule has 1 aromatic heterocycles. The molecule has 15 heteroatoms. The van der Waals surface area contributed by atoms with Gasteiger partial charge in [-0.2, -0.15) is 0 Å². The van der Waals surface area contributed by atoms with Crippen LogP contribution in [0.25, 0.3) is 11.1 Å². The van der Waals surface area contributed by atoms with E-state index in [-0.39, 0.29) is 11.3 Å². The number of rotatable bonds is 13. The van der Waals surface area contributed by atoms with E-state index in [0.717, 1.165) is 50.0 Å². The number of nitro groups is 1. The maximum absolute atomic E-state index is 13.1. The number of nitrogens with zero attached hydrogens (tertiary/aromatic N) is 5. The molecule has 1 saturated heterocycles. The zero-order chi connectivity index (χ0) is 35.8. The van der Waals surface area contributed by atoms with Gasteiger partial charge in [-0.05, 0) is 71.3 Å². The third-order valence-electron chi connectivity index (χ3n) is 8.33. The fraction of sp³-hybridized carbons (Fsp3) is 0.194. The minimum Gasteiger partial charge on any atom is -0.379 e. The van der Waals surface area contributed by atoms with Crippen molar-refractivity contribution >= 4 is 56.4 Å². The Balaban J connectivity index is 1.03. The summed E-state index contributed by atoms with van der Waals surface area (Å²) in [6.07, 6.45) is 3.24. The number of piperazine rings is 1. The van der Waals surface area contributed by atoms with Crippen molar-refractivity contribution < 1.29 is 18.1 Å². The minimum absolute atomic E-state index is 0.146. The van der Waals surface area contributed by atoms with Crippen LogP contribution in [0.3, 0.4) is 0 Å². The molecular weight excluding hydrogens is 710 g/mol. The van der Waals surface area contributed by atoms with Crippen LogP contribution in [0, 0.1) is 10.1 Å². The van der Waals surface area contributed by atoms with Gasteiger partial charge >= 0.3 is 0 Å². The summed E-state index contributed by atoms with van der Waals surface area (Å²) in [4.78, 5) is 36.6. The summed E-state index contributed by atoms with van der Waals surface area (Å²) in [5, 5.41) is 16.0. The van der Waals surface area contributed by atoms with Crippen molar-refractivity contribution in [3.05, 3.63) is 136 Å². The molecule has 0 aliphatic carbocycles. The number of hydrogen-bond acceptors (Lipinski definition) is 11. The molecule has 0 atom stereocenters. The van der Waals surface area contributed by atoms with Crippen LogP contribution in [-0.2, 0) is 16.6 Å². The van der Waals surface area contributed by atoms with E-state index in [4.69, 9.17) is 11.6 Å². The highest BCUT2D eigenvalue weighted by Crippen LogP contribution is 2.29. The van der Waals surface area contributed by atoms with Gasteiger partial charge in [0, 0.05) is 79.8 Å². The van der Waals surface area contributed by atoms with E-state index in [1.807, 2.05) is 35.1 Å². The fourth-order valence-corrected chi connectivity index (χ4v) is 7.48. The summed E-state index contributed by atoms with van der Waals surface area (Å²) < 4.78 is 28.2. The van der Waals surface area contributed by atoms with Gasteiger partial charge in [0.1, 0.15) is 5.69 Å². The highest BCUT2D eigenvalue weighted by Gasteiger charge is 2.24. The number of amides is 1. The molecule has 1 aliphatic rings. The number of carbonyl (C=O) groups excluding carboxylic acids is 1. The van der Waals surface area contributed by atoms with Crippen LogP contribution in [0.2, 0.25) is 5.02 Å².